The minimum atomic E-state index is 0.447. The van der Waals surface area contributed by atoms with Gasteiger partial charge in [-0.2, -0.15) is 0 Å². The van der Waals surface area contributed by atoms with Crippen LogP contribution in [0.2, 0.25) is 0 Å². The molecular weight excluding hydrogens is 218 g/mol. The molecule has 98 valence electrons. The van der Waals surface area contributed by atoms with Gasteiger partial charge in [0, 0.05) is 12.1 Å². The van der Waals surface area contributed by atoms with Crippen LogP contribution in [0, 0.1) is 5.92 Å². The lowest BCUT2D eigenvalue weighted by Gasteiger charge is -2.20. The van der Waals surface area contributed by atoms with Gasteiger partial charge in [-0.25, -0.2) is 0 Å². The molecule has 0 bridgehead atoms. The molecule has 0 saturated heterocycles. The first-order valence-electron chi connectivity index (χ1n) is 7.15. The molecule has 1 atom stereocenters. The Kier molecular flexibility index (Phi) is 4.60. The van der Waals surface area contributed by atoms with E-state index < -0.39 is 0 Å². The summed E-state index contributed by atoms with van der Waals surface area (Å²) in [7, 11) is 0. The maximum Gasteiger partial charge on any atom is 0.0294 e. The zero-order valence-corrected chi connectivity index (χ0v) is 11.8. The molecule has 1 aromatic carbocycles. The van der Waals surface area contributed by atoms with Crippen molar-refractivity contribution in [3.8, 4) is 0 Å². The standard InChI is InChI=1S/C17H25N/c1-13(2)12-15-8-10-16(11-9-15)14(3)18-17-6-4-5-7-17/h4-5,8-11,13-14,17-18H,6-7,12H2,1-3H3. The zero-order chi connectivity index (χ0) is 13.0. The van der Waals surface area contributed by atoms with E-state index in [9.17, 15) is 0 Å². The molecule has 0 aromatic heterocycles. The van der Waals surface area contributed by atoms with Gasteiger partial charge in [-0.1, -0.05) is 50.3 Å². The Morgan fingerprint density at radius 1 is 1.06 bits per heavy atom. The average molecular weight is 243 g/mol. The summed E-state index contributed by atoms with van der Waals surface area (Å²) in [4.78, 5) is 0. The molecule has 1 N–H and O–H groups in total. The fourth-order valence-electron chi connectivity index (χ4n) is 2.62. The zero-order valence-electron chi connectivity index (χ0n) is 11.8. The SMILES string of the molecule is CC(C)Cc1ccc(C(C)NC2CC=CC2)cc1. The summed E-state index contributed by atoms with van der Waals surface area (Å²) < 4.78 is 0. The van der Waals surface area contributed by atoms with Crippen LogP contribution < -0.4 is 5.32 Å². The van der Waals surface area contributed by atoms with Gasteiger partial charge in [0.25, 0.3) is 0 Å². The fraction of sp³-hybridized carbons (Fsp3) is 0.529. The molecule has 1 aromatic rings. The highest BCUT2D eigenvalue weighted by molar-refractivity contribution is 5.25. The van der Waals surface area contributed by atoms with Gasteiger partial charge in [0.05, 0.1) is 0 Å². The van der Waals surface area contributed by atoms with Crippen molar-refractivity contribution in [3.63, 3.8) is 0 Å². The number of benzene rings is 1. The monoisotopic (exact) mass is 243 g/mol. The van der Waals surface area contributed by atoms with E-state index in [1.54, 1.807) is 0 Å². The van der Waals surface area contributed by atoms with Gasteiger partial charge in [-0.3, -0.25) is 0 Å². The van der Waals surface area contributed by atoms with Crippen LogP contribution in [0.1, 0.15) is 50.8 Å². The quantitative estimate of drug-likeness (QED) is 0.762. The fourth-order valence-corrected chi connectivity index (χ4v) is 2.62. The lowest BCUT2D eigenvalue weighted by Crippen LogP contribution is -2.29. The van der Waals surface area contributed by atoms with E-state index in [0.717, 1.165) is 5.92 Å². The van der Waals surface area contributed by atoms with E-state index in [-0.39, 0.29) is 0 Å². The van der Waals surface area contributed by atoms with Gasteiger partial charge < -0.3 is 5.32 Å². The molecular formula is C17H25N. The van der Waals surface area contributed by atoms with Crippen LogP contribution in [0.4, 0.5) is 0 Å². The molecule has 0 fully saturated rings. The smallest absolute Gasteiger partial charge is 0.0294 e. The van der Waals surface area contributed by atoms with Crippen molar-refractivity contribution in [1.82, 2.24) is 5.32 Å². The molecule has 1 heteroatoms. The first kappa shape index (κ1) is 13.4. The number of rotatable bonds is 5. The second-order valence-electron chi connectivity index (χ2n) is 5.87. The predicted molar refractivity (Wildman–Crippen MR) is 78.7 cm³/mol. The van der Waals surface area contributed by atoms with Gasteiger partial charge in [0.1, 0.15) is 0 Å². The normalized spacial score (nSPS) is 17.6. The molecule has 0 amide bonds. The predicted octanol–water partition coefficient (Wildman–Crippen LogP) is 4.25. The third kappa shape index (κ3) is 3.71. The van der Waals surface area contributed by atoms with Gasteiger partial charge in [0.2, 0.25) is 0 Å². The van der Waals surface area contributed by atoms with Crippen LogP contribution in [0.3, 0.4) is 0 Å². The Labute approximate surface area is 111 Å². The molecule has 1 nitrogen and oxygen atoms in total. The topological polar surface area (TPSA) is 12.0 Å². The highest BCUT2D eigenvalue weighted by atomic mass is 14.9. The highest BCUT2D eigenvalue weighted by Crippen LogP contribution is 2.19. The van der Waals surface area contributed by atoms with E-state index in [4.69, 9.17) is 0 Å². The molecule has 0 spiro atoms. The summed E-state index contributed by atoms with van der Waals surface area (Å²) in [5.74, 6) is 0.732. The summed E-state index contributed by atoms with van der Waals surface area (Å²) in [6.07, 6.45) is 8.08. The Morgan fingerprint density at radius 3 is 2.22 bits per heavy atom. The van der Waals surface area contributed by atoms with Crippen LogP contribution in [-0.2, 0) is 6.42 Å². The molecule has 0 saturated carbocycles. The van der Waals surface area contributed by atoms with Crippen molar-refractivity contribution in [1.29, 1.82) is 0 Å². The second-order valence-corrected chi connectivity index (χ2v) is 5.87. The van der Waals surface area contributed by atoms with E-state index in [0.29, 0.717) is 12.1 Å². The maximum absolute atomic E-state index is 3.69. The van der Waals surface area contributed by atoms with Crippen LogP contribution in [-0.4, -0.2) is 6.04 Å². The highest BCUT2D eigenvalue weighted by Gasteiger charge is 2.14. The Bertz CT molecular complexity index is 381. The molecule has 1 unspecified atom stereocenters. The van der Waals surface area contributed by atoms with E-state index >= 15 is 0 Å². The lowest BCUT2D eigenvalue weighted by atomic mass is 9.99. The van der Waals surface area contributed by atoms with Crippen LogP contribution in [0.25, 0.3) is 0 Å². The molecule has 2 rings (SSSR count). The van der Waals surface area contributed by atoms with Gasteiger partial charge in [0.15, 0.2) is 0 Å². The Balaban J connectivity index is 1.91. The summed E-state index contributed by atoms with van der Waals surface area (Å²) >= 11 is 0. The molecule has 0 radical (unpaired) electrons. The maximum atomic E-state index is 3.69. The van der Waals surface area contributed by atoms with Crippen LogP contribution >= 0.6 is 0 Å². The first-order chi connectivity index (χ1) is 8.65. The second kappa shape index (κ2) is 6.19. The summed E-state index contributed by atoms with van der Waals surface area (Å²) in [5.41, 5.74) is 2.85. The minimum absolute atomic E-state index is 0.447. The van der Waals surface area contributed by atoms with Crippen molar-refractivity contribution in [2.45, 2.75) is 52.1 Å². The van der Waals surface area contributed by atoms with Crippen molar-refractivity contribution < 1.29 is 0 Å². The van der Waals surface area contributed by atoms with E-state index in [1.807, 2.05) is 0 Å². The van der Waals surface area contributed by atoms with Crippen LogP contribution in [0.5, 0.6) is 0 Å². The van der Waals surface area contributed by atoms with E-state index in [1.165, 1.54) is 30.4 Å². The molecule has 0 heterocycles. The summed E-state index contributed by atoms with van der Waals surface area (Å²) in [5, 5.41) is 3.69. The van der Waals surface area contributed by atoms with Crippen molar-refractivity contribution in [3.05, 3.63) is 47.5 Å². The third-order valence-electron chi connectivity index (χ3n) is 3.62. The number of nitrogens with one attached hydrogen (secondary N) is 1. The van der Waals surface area contributed by atoms with Crippen LogP contribution in [0.15, 0.2) is 36.4 Å². The van der Waals surface area contributed by atoms with Crippen molar-refractivity contribution in [2.75, 3.05) is 0 Å². The van der Waals surface area contributed by atoms with Gasteiger partial charge in [-0.05, 0) is 43.2 Å². The summed E-state index contributed by atoms with van der Waals surface area (Å²) in [6.45, 7) is 6.80. The average Bonchev–Trinajstić information content (AvgIpc) is 2.82. The largest absolute Gasteiger partial charge is 0.307 e. The van der Waals surface area contributed by atoms with Gasteiger partial charge >= 0.3 is 0 Å². The van der Waals surface area contributed by atoms with E-state index in [2.05, 4.69) is 62.5 Å². The molecule has 1 aliphatic rings. The molecule has 1 aliphatic carbocycles. The minimum Gasteiger partial charge on any atom is -0.307 e. The summed E-state index contributed by atoms with van der Waals surface area (Å²) in [6, 6.07) is 10.2. The number of hydrogen-bond donors (Lipinski definition) is 1. The first-order valence-corrected chi connectivity index (χ1v) is 7.15. The number of hydrogen-bond acceptors (Lipinski definition) is 1. The van der Waals surface area contributed by atoms with Crippen molar-refractivity contribution >= 4 is 0 Å². The Hall–Kier alpha value is -1.08. The van der Waals surface area contributed by atoms with Gasteiger partial charge in [-0.15, -0.1) is 0 Å². The van der Waals surface area contributed by atoms with Crippen molar-refractivity contribution in [2.24, 2.45) is 5.92 Å². The molecule has 0 aliphatic heterocycles. The molecule has 18 heavy (non-hydrogen) atoms. The Morgan fingerprint density at radius 2 is 1.67 bits per heavy atom. The third-order valence-corrected chi connectivity index (χ3v) is 3.62. The lowest BCUT2D eigenvalue weighted by molar-refractivity contribution is 0.471.